The van der Waals surface area contributed by atoms with Crippen LogP contribution in [0.25, 0.3) is 11.3 Å². The monoisotopic (exact) mass is 411 g/mol. The van der Waals surface area contributed by atoms with E-state index < -0.39 is 5.72 Å². The molecule has 0 atom stereocenters. The lowest BCUT2D eigenvalue weighted by atomic mass is 9.98. The largest absolute Gasteiger partial charge is 0.355 e. The van der Waals surface area contributed by atoms with Gasteiger partial charge in [0.2, 0.25) is 0 Å². The van der Waals surface area contributed by atoms with Crippen LogP contribution in [0, 0.1) is 0 Å². The van der Waals surface area contributed by atoms with Crippen LogP contribution in [0.2, 0.25) is 5.02 Å². The number of carbonyl (C=O) groups is 1. The van der Waals surface area contributed by atoms with Gasteiger partial charge in [-0.25, -0.2) is 0 Å². The number of nitrogens with zero attached hydrogens (tertiary/aromatic N) is 3. The molecule has 0 saturated carbocycles. The second-order valence-corrected chi connectivity index (χ2v) is 7.21. The van der Waals surface area contributed by atoms with Gasteiger partial charge in [0.25, 0.3) is 5.91 Å². The highest BCUT2D eigenvalue weighted by molar-refractivity contribution is 6.30. The summed E-state index contributed by atoms with van der Waals surface area (Å²) < 4.78 is 11.4. The number of halogens is 2. The molecular formula is C19H23Cl2N3O3. The quantitative estimate of drug-likeness (QED) is 0.770. The lowest BCUT2D eigenvalue weighted by molar-refractivity contribution is -0.104. The van der Waals surface area contributed by atoms with E-state index >= 15 is 0 Å². The molecule has 2 aliphatic heterocycles. The summed E-state index contributed by atoms with van der Waals surface area (Å²) in [5.74, 6) is 0.427. The third kappa shape index (κ3) is 3.85. The molecular weight excluding hydrogens is 389 g/mol. The summed E-state index contributed by atoms with van der Waals surface area (Å²) in [5, 5.41) is 4.66. The van der Waals surface area contributed by atoms with E-state index in [0.29, 0.717) is 29.6 Å². The Morgan fingerprint density at radius 3 is 2.59 bits per heavy atom. The van der Waals surface area contributed by atoms with Gasteiger partial charge in [0.15, 0.2) is 11.5 Å². The molecule has 4 rings (SSSR count). The Morgan fingerprint density at radius 2 is 1.93 bits per heavy atom. The van der Waals surface area contributed by atoms with Crippen LogP contribution in [0.15, 0.2) is 34.9 Å². The fourth-order valence-electron chi connectivity index (χ4n) is 3.79. The summed E-state index contributed by atoms with van der Waals surface area (Å²) in [6.45, 7) is 6.22. The van der Waals surface area contributed by atoms with Crippen LogP contribution >= 0.6 is 24.0 Å². The van der Waals surface area contributed by atoms with E-state index in [1.54, 1.807) is 18.2 Å². The maximum Gasteiger partial charge on any atom is 0.278 e. The first kappa shape index (κ1) is 20.1. The van der Waals surface area contributed by atoms with Crippen molar-refractivity contribution in [2.75, 3.05) is 32.8 Å². The van der Waals surface area contributed by atoms with Crippen molar-refractivity contribution in [3.63, 3.8) is 0 Å². The number of ether oxygens (including phenoxy) is 1. The number of piperidine rings is 1. The van der Waals surface area contributed by atoms with E-state index in [1.807, 2.05) is 17.0 Å². The van der Waals surface area contributed by atoms with Crippen molar-refractivity contribution in [2.45, 2.75) is 25.5 Å². The van der Waals surface area contributed by atoms with E-state index in [-0.39, 0.29) is 18.3 Å². The van der Waals surface area contributed by atoms with E-state index in [0.717, 1.165) is 38.0 Å². The first-order valence-corrected chi connectivity index (χ1v) is 9.40. The average Bonchev–Trinajstić information content (AvgIpc) is 3.30. The summed E-state index contributed by atoms with van der Waals surface area (Å²) in [5.41, 5.74) is 0.657. The van der Waals surface area contributed by atoms with Gasteiger partial charge in [-0.3, -0.25) is 4.79 Å². The number of amides is 1. The summed E-state index contributed by atoms with van der Waals surface area (Å²) in [6, 6.07) is 8.95. The molecule has 1 aromatic carbocycles. The molecule has 1 amide bonds. The summed E-state index contributed by atoms with van der Waals surface area (Å²) in [4.78, 5) is 17.3. The summed E-state index contributed by atoms with van der Waals surface area (Å²) in [6.07, 6.45) is 1.66. The predicted molar refractivity (Wildman–Crippen MR) is 105 cm³/mol. The fraction of sp³-hybridized carbons (Fsp3) is 0.474. The minimum Gasteiger partial charge on any atom is -0.355 e. The number of carbonyl (C=O) groups excluding carboxylic acids is 1. The molecule has 6 nitrogen and oxygen atoms in total. The molecule has 2 saturated heterocycles. The lowest BCUT2D eigenvalue weighted by Crippen LogP contribution is -2.54. The maximum atomic E-state index is 13.1. The molecule has 0 bridgehead atoms. The van der Waals surface area contributed by atoms with E-state index in [9.17, 15) is 4.79 Å². The van der Waals surface area contributed by atoms with Crippen LogP contribution in [0.4, 0.5) is 0 Å². The molecule has 1 spiro atoms. The normalized spacial score (nSPS) is 19.3. The number of rotatable bonds is 3. The van der Waals surface area contributed by atoms with Crippen molar-refractivity contribution in [3.8, 4) is 11.3 Å². The number of likely N-dealkylation sites (tertiary alicyclic amines) is 1. The smallest absolute Gasteiger partial charge is 0.278 e. The summed E-state index contributed by atoms with van der Waals surface area (Å²) >= 11 is 5.92. The van der Waals surface area contributed by atoms with Gasteiger partial charge < -0.3 is 19.1 Å². The molecule has 1 aromatic heterocycles. The Balaban J connectivity index is 0.00000210. The van der Waals surface area contributed by atoms with Gasteiger partial charge in [-0.1, -0.05) is 23.7 Å². The van der Waals surface area contributed by atoms with Gasteiger partial charge in [0, 0.05) is 49.1 Å². The minimum absolute atomic E-state index is 0. The van der Waals surface area contributed by atoms with Crippen molar-refractivity contribution in [1.29, 1.82) is 0 Å². The second-order valence-electron chi connectivity index (χ2n) is 6.77. The van der Waals surface area contributed by atoms with Crippen LogP contribution in [0.5, 0.6) is 0 Å². The highest BCUT2D eigenvalue weighted by Gasteiger charge is 2.47. The topological polar surface area (TPSA) is 58.8 Å². The Kier molecular flexibility index (Phi) is 6.11. The predicted octanol–water partition coefficient (Wildman–Crippen LogP) is 3.70. The molecule has 0 radical (unpaired) electrons. The number of hydrogen-bond donors (Lipinski definition) is 0. The molecule has 2 fully saturated rings. The first-order valence-electron chi connectivity index (χ1n) is 9.02. The zero-order valence-corrected chi connectivity index (χ0v) is 16.8. The molecule has 0 N–H and O–H groups in total. The Labute approximate surface area is 169 Å². The van der Waals surface area contributed by atoms with E-state index in [2.05, 4.69) is 17.0 Å². The van der Waals surface area contributed by atoms with Gasteiger partial charge in [0.05, 0.1) is 6.61 Å². The lowest BCUT2D eigenvalue weighted by Gasteiger charge is -2.43. The van der Waals surface area contributed by atoms with Crippen LogP contribution in [0.3, 0.4) is 0 Å². The fourth-order valence-corrected chi connectivity index (χ4v) is 3.92. The van der Waals surface area contributed by atoms with E-state index in [4.69, 9.17) is 20.9 Å². The Bertz CT molecular complexity index is 786. The third-order valence-corrected chi connectivity index (χ3v) is 5.62. The van der Waals surface area contributed by atoms with Crippen LogP contribution in [0.1, 0.15) is 30.3 Å². The zero-order valence-electron chi connectivity index (χ0n) is 15.2. The number of benzene rings is 1. The molecule has 0 aliphatic carbocycles. The second kappa shape index (κ2) is 8.19. The maximum absolute atomic E-state index is 13.1. The Hall–Kier alpha value is -1.60. The third-order valence-electron chi connectivity index (χ3n) is 5.37. The standard InChI is InChI=1S/C19H22ClN3O3.ClH/c1-2-22-9-7-19(8-10-22)23(11-12-25-19)18(24)16-13-17(26-21-16)14-3-5-15(20)6-4-14;/h3-6,13H,2,7-12H2,1H3;1H. The summed E-state index contributed by atoms with van der Waals surface area (Å²) in [7, 11) is 0. The van der Waals surface area contributed by atoms with Gasteiger partial charge >= 0.3 is 0 Å². The minimum atomic E-state index is -0.498. The van der Waals surface area contributed by atoms with Gasteiger partial charge in [-0.2, -0.15) is 0 Å². The highest BCUT2D eigenvalue weighted by Crippen LogP contribution is 2.35. The zero-order chi connectivity index (χ0) is 18.1. The molecule has 3 heterocycles. The van der Waals surface area contributed by atoms with Crippen molar-refractivity contribution >= 4 is 29.9 Å². The van der Waals surface area contributed by atoms with Crippen LogP contribution < -0.4 is 0 Å². The number of aromatic nitrogens is 1. The van der Waals surface area contributed by atoms with Crippen LogP contribution in [-0.2, 0) is 4.74 Å². The van der Waals surface area contributed by atoms with Crippen molar-refractivity contribution < 1.29 is 14.1 Å². The van der Waals surface area contributed by atoms with Gasteiger partial charge in [0.1, 0.15) is 5.72 Å². The van der Waals surface area contributed by atoms with Crippen molar-refractivity contribution in [2.24, 2.45) is 0 Å². The highest BCUT2D eigenvalue weighted by atomic mass is 35.5. The number of hydrogen-bond acceptors (Lipinski definition) is 5. The van der Waals surface area contributed by atoms with Crippen molar-refractivity contribution in [1.82, 2.24) is 15.0 Å². The van der Waals surface area contributed by atoms with Crippen LogP contribution in [-0.4, -0.2) is 59.4 Å². The first-order chi connectivity index (χ1) is 12.6. The Morgan fingerprint density at radius 1 is 1.22 bits per heavy atom. The molecule has 146 valence electrons. The van der Waals surface area contributed by atoms with E-state index in [1.165, 1.54) is 0 Å². The molecule has 2 aromatic rings. The average molecular weight is 412 g/mol. The molecule has 0 unspecified atom stereocenters. The molecule has 27 heavy (non-hydrogen) atoms. The van der Waals surface area contributed by atoms with Crippen molar-refractivity contribution in [3.05, 3.63) is 41.0 Å². The van der Waals surface area contributed by atoms with Gasteiger partial charge in [-0.05, 0) is 30.8 Å². The molecule has 2 aliphatic rings. The molecule has 8 heteroatoms. The SMILES string of the molecule is CCN1CCC2(CC1)OCCN2C(=O)c1cc(-c2ccc(Cl)cc2)on1.Cl. The van der Waals surface area contributed by atoms with Gasteiger partial charge in [-0.15, -0.1) is 12.4 Å².